The maximum absolute atomic E-state index is 13.3. The van der Waals surface area contributed by atoms with Gasteiger partial charge in [0.05, 0.1) is 44.7 Å². The van der Waals surface area contributed by atoms with Gasteiger partial charge in [-0.2, -0.15) is 5.10 Å². The second kappa shape index (κ2) is 6.41. The smallest absolute Gasteiger partial charge is 0.268 e. The zero-order valence-electron chi connectivity index (χ0n) is 16.2. The number of nitro benzene ring substituents is 1. The number of hydrogen-bond donors (Lipinski definition) is 0. The molecule has 2 amide bonds. The Labute approximate surface area is 175 Å². The van der Waals surface area contributed by atoms with Gasteiger partial charge in [0, 0.05) is 12.3 Å². The zero-order valence-corrected chi connectivity index (χ0v) is 17.0. The fourth-order valence-corrected chi connectivity index (χ4v) is 5.93. The zero-order chi connectivity index (χ0) is 22.1. The number of imide groups is 1. The number of anilines is 1. The molecule has 2 aromatic heterocycles. The number of aromatic nitrogens is 3. The van der Waals surface area contributed by atoms with Crippen LogP contribution in [-0.4, -0.2) is 51.4 Å². The average Bonchev–Trinajstić information content (AvgIpc) is 3.34. The summed E-state index contributed by atoms with van der Waals surface area (Å²) in [5.41, 5.74) is 0.330. The summed E-state index contributed by atoms with van der Waals surface area (Å²) < 4.78 is 25.3. The lowest BCUT2D eigenvalue weighted by atomic mass is 10.1. The van der Waals surface area contributed by atoms with E-state index in [1.807, 2.05) is 0 Å². The minimum Gasteiger partial charge on any atom is -0.268 e. The maximum Gasteiger partial charge on any atom is 0.293 e. The molecule has 12 heteroatoms. The number of benzene rings is 1. The molecular weight excluding hydrogens is 426 g/mol. The lowest BCUT2D eigenvalue weighted by Crippen LogP contribution is -2.30. The summed E-state index contributed by atoms with van der Waals surface area (Å²) in [6.45, 7) is 1.65. The van der Waals surface area contributed by atoms with Crippen molar-refractivity contribution >= 4 is 44.1 Å². The minimum atomic E-state index is -3.17. The first kappa shape index (κ1) is 19.3. The molecule has 2 aliphatic rings. The number of sulfone groups is 1. The standard InChI is InChI=1S/C19H15N5O6S/c1-10-15-16-12(8-20-17(15)23(21-10)11-6-7-31(29,30)9-11)18(25)22(19(16)26)13-4-2-3-5-14(13)24(27)28/h2-5,8,11H,6-7,9H2,1H3. The first-order valence-corrected chi connectivity index (χ1v) is 11.2. The lowest BCUT2D eigenvalue weighted by molar-refractivity contribution is -0.384. The lowest BCUT2D eigenvalue weighted by Gasteiger charge is -2.13. The molecule has 158 valence electrons. The topological polar surface area (TPSA) is 145 Å². The van der Waals surface area contributed by atoms with Crippen LogP contribution < -0.4 is 4.90 Å². The van der Waals surface area contributed by atoms with Gasteiger partial charge in [-0.25, -0.2) is 23.0 Å². The second-order valence-corrected chi connectivity index (χ2v) is 9.75. The highest BCUT2D eigenvalue weighted by atomic mass is 32.2. The van der Waals surface area contributed by atoms with Crippen molar-refractivity contribution in [3.63, 3.8) is 0 Å². The number of hydrogen-bond acceptors (Lipinski definition) is 8. The van der Waals surface area contributed by atoms with Crippen molar-refractivity contribution in [2.24, 2.45) is 0 Å². The number of nitro groups is 1. The molecule has 1 saturated heterocycles. The molecule has 1 atom stereocenters. The first-order valence-electron chi connectivity index (χ1n) is 9.40. The predicted octanol–water partition coefficient (Wildman–Crippen LogP) is 1.81. The molecule has 0 N–H and O–H groups in total. The Morgan fingerprint density at radius 1 is 1.19 bits per heavy atom. The normalized spacial score (nSPS) is 19.9. The minimum absolute atomic E-state index is 0.0253. The predicted molar refractivity (Wildman–Crippen MR) is 109 cm³/mol. The molecule has 31 heavy (non-hydrogen) atoms. The van der Waals surface area contributed by atoms with Crippen molar-refractivity contribution in [1.82, 2.24) is 14.8 Å². The van der Waals surface area contributed by atoms with Crippen molar-refractivity contribution in [2.75, 3.05) is 16.4 Å². The Balaban J connectivity index is 1.68. The van der Waals surface area contributed by atoms with Gasteiger partial charge in [-0.1, -0.05) is 12.1 Å². The number of amides is 2. The Morgan fingerprint density at radius 3 is 2.61 bits per heavy atom. The summed E-state index contributed by atoms with van der Waals surface area (Å²) in [6, 6.07) is 5.10. The van der Waals surface area contributed by atoms with E-state index in [0.29, 0.717) is 23.1 Å². The molecule has 0 bridgehead atoms. The van der Waals surface area contributed by atoms with Crippen LogP contribution in [0.4, 0.5) is 11.4 Å². The Hall–Kier alpha value is -3.67. The van der Waals surface area contributed by atoms with Gasteiger partial charge in [-0.3, -0.25) is 19.7 Å². The first-order chi connectivity index (χ1) is 14.7. The highest BCUT2D eigenvalue weighted by Crippen LogP contribution is 2.38. The van der Waals surface area contributed by atoms with Crippen LogP contribution >= 0.6 is 0 Å². The van der Waals surface area contributed by atoms with Crippen LogP contribution in [0.3, 0.4) is 0 Å². The van der Waals surface area contributed by atoms with Crippen molar-refractivity contribution < 1.29 is 22.9 Å². The average molecular weight is 441 g/mol. The molecule has 11 nitrogen and oxygen atoms in total. The third-order valence-electron chi connectivity index (χ3n) is 5.62. The monoisotopic (exact) mass is 441 g/mol. The number of aryl methyl sites for hydroxylation is 1. The van der Waals surface area contributed by atoms with Crippen molar-refractivity contribution in [3.8, 4) is 0 Å². The number of carbonyl (C=O) groups is 2. The van der Waals surface area contributed by atoms with Gasteiger partial charge in [0.2, 0.25) is 0 Å². The summed E-state index contributed by atoms with van der Waals surface area (Å²) in [4.78, 5) is 42.2. The van der Waals surface area contributed by atoms with Crippen LogP contribution in [0.25, 0.3) is 11.0 Å². The van der Waals surface area contributed by atoms with E-state index in [2.05, 4.69) is 10.1 Å². The van der Waals surface area contributed by atoms with Crippen molar-refractivity contribution in [2.45, 2.75) is 19.4 Å². The third-order valence-corrected chi connectivity index (χ3v) is 7.37. The van der Waals surface area contributed by atoms with Gasteiger partial charge >= 0.3 is 0 Å². The Kier molecular flexibility index (Phi) is 3.99. The van der Waals surface area contributed by atoms with E-state index < -0.39 is 32.6 Å². The Bertz CT molecular complexity index is 1430. The van der Waals surface area contributed by atoms with E-state index in [1.165, 1.54) is 35.1 Å². The number of nitrogens with zero attached hydrogens (tertiary/aromatic N) is 5. The highest BCUT2D eigenvalue weighted by molar-refractivity contribution is 7.91. The number of rotatable bonds is 3. The maximum atomic E-state index is 13.3. The number of fused-ring (bicyclic) bond motifs is 3. The molecule has 1 fully saturated rings. The van der Waals surface area contributed by atoms with Crippen molar-refractivity contribution in [1.29, 1.82) is 0 Å². The van der Waals surface area contributed by atoms with Crippen LogP contribution in [0.5, 0.6) is 0 Å². The van der Waals surface area contributed by atoms with Gasteiger partial charge in [-0.15, -0.1) is 0 Å². The Morgan fingerprint density at radius 2 is 1.94 bits per heavy atom. The molecule has 2 aliphatic heterocycles. The van der Waals surface area contributed by atoms with Crippen molar-refractivity contribution in [3.05, 3.63) is 57.4 Å². The fraction of sp³-hybridized carbons (Fsp3) is 0.263. The molecule has 3 aromatic rings. The fourth-order valence-electron chi connectivity index (χ4n) is 4.23. The summed E-state index contributed by atoms with van der Waals surface area (Å²) >= 11 is 0. The van der Waals surface area contributed by atoms with E-state index in [0.717, 1.165) is 4.90 Å². The second-order valence-electron chi connectivity index (χ2n) is 7.52. The molecule has 0 aliphatic carbocycles. The SMILES string of the molecule is Cc1nn(C2CCS(=O)(=O)C2)c2ncc3c(c12)C(=O)N(c1ccccc1[N+](=O)[O-])C3=O. The molecule has 1 unspecified atom stereocenters. The largest absolute Gasteiger partial charge is 0.293 e. The van der Waals surface area contributed by atoms with Crippen LogP contribution in [0.15, 0.2) is 30.5 Å². The third kappa shape index (κ3) is 2.75. The highest BCUT2D eigenvalue weighted by Gasteiger charge is 2.43. The van der Waals surface area contributed by atoms with Gasteiger partial charge in [0.15, 0.2) is 15.5 Å². The quantitative estimate of drug-likeness (QED) is 0.340. The molecule has 1 aromatic carbocycles. The van der Waals surface area contributed by atoms with E-state index >= 15 is 0 Å². The van der Waals surface area contributed by atoms with Gasteiger partial charge in [0.1, 0.15) is 5.69 Å². The molecule has 4 heterocycles. The summed E-state index contributed by atoms with van der Waals surface area (Å²) in [5.74, 6) is -1.44. The van der Waals surface area contributed by atoms with Crippen LogP contribution in [0.2, 0.25) is 0 Å². The van der Waals surface area contributed by atoms with Crippen LogP contribution in [-0.2, 0) is 9.84 Å². The van der Waals surface area contributed by atoms with Crippen LogP contribution in [0.1, 0.15) is 38.9 Å². The van der Waals surface area contributed by atoms with Gasteiger partial charge < -0.3 is 0 Å². The number of carbonyl (C=O) groups excluding carboxylic acids is 2. The van der Waals surface area contributed by atoms with Crippen LogP contribution in [0, 0.1) is 17.0 Å². The van der Waals surface area contributed by atoms with Gasteiger partial charge in [0.25, 0.3) is 17.5 Å². The molecule has 5 rings (SSSR count). The molecular formula is C19H15N5O6S. The molecule has 0 saturated carbocycles. The van der Waals surface area contributed by atoms with E-state index in [9.17, 15) is 28.1 Å². The van der Waals surface area contributed by atoms with E-state index in [-0.39, 0.29) is 34.0 Å². The van der Waals surface area contributed by atoms with E-state index in [4.69, 9.17) is 0 Å². The summed E-state index contributed by atoms with van der Waals surface area (Å²) in [7, 11) is -3.17. The molecule has 0 spiro atoms. The molecule has 0 radical (unpaired) electrons. The number of pyridine rings is 1. The van der Waals surface area contributed by atoms with E-state index in [1.54, 1.807) is 6.92 Å². The number of para-hydroxylation sites is 2. The summed E-state index contributed by atoms with van der Waals surface area (Å²) in [5, 5.41) is 16.2. The summed E-state index contributed by atoms with van der Waals surface area (Å²) in [6.07, 6.45) is 1.63. The van der Waals surface area contributed by atoms with Gasteiger partial charge in [-0.05, 0) is 19.4 Å².